The van der Waals surface area contributed by atoms with Crippen LogP contribution in [0, 0.1) is 6.92 Å². The van der Waals surface area contributed by atoms with Crippen LogP contribution in [-0.2, 0) is 0 Å². The van der Waals surface area contributed by atoms with E-state index in [1.807, 2.05) is 85.9 Å². The fourth-order valence-corrected chi connectivity index (χ4v) is 4.86. The molecule has 0 bridgehead atoms. The van der Waals surface area contributed by atoms with Crippen LogP contribution in [-0.4, -0.2) is 24.4 Å². The first-order valence-electron chi connectivity index (χ1n) is 11.3. The Kier molecular flexibility index (Phi) is 5.35. The molecule has 0 aliphatic carbocycles. The molecule has 6 aromatic rings. The molecule has 0 unspecified atom stereocenters. The minimum atomic E-state index is -0.466. The Labute approximate surface area is 209 Å². The van der Waals surface area contributed by atoms with E-state index < -0.39 is 5.56 Å². The molecule has 3 aromatic heterocycles. The van der Waals surface area contributed by atoms with E-state index >= 15 is 0 Å². The van der Waals surface area contributed by atoms with Crippen molar-refractivity contribution in [2.45, 2.75) is 6.92 Å². The predicted molar refractivity (Wildman–Crippen MR) is 141 cm³/mol. The number of para-hydroxylation sites is 1. The Hall–Kier alpha value is -4.69. The molecule has 7 nitrogen and oxygen atoms in total. The maximum absolute atomic E-state index is 13.3. The summed E-state index contributed by atoms with van der Waals surface area (Å²) in [7, 11) is 0. The monoisotopic (exact) mass is 489 g/mol. The Morgan fingerprint density at radius 2 is 1.44 bits per heavy atom. The van der Waals surface area contributed by atoms with Gasteiger partial charge in [0, 0.05) is 22.9 Å². The van der Waals surface area contributed by atoms with Crippen molar-refractivity contribution in [3.63, 3.8) is 0 Å². The summed E-state index contributed by atoms with van der Waals surface area (Å²) in [6.45, 7) is 2.03. The fraction of sp³-hybridized carbons (Fsp3) is 0.0357. The van der Waals surface area contributed by atoms with Crippen molar-refractivity contribution in [1.29, 1.82) is 0 Å². The highest BCUT2D eigenvalue weighted by Crippen LogP contribution is 2.25. The van der Waals surface area contributed by atoms with Gasteiger partial charge in [-0.05, 0) is 25.1 Å². The van der Waals surface area contributed by atoms with Gasteiger partial charge < -0.3 is 0 Å². The van der Waals surface area contributed by atoms with Crippen molar-refractivity contribution in [3.8, 4) is 28.2 Å². The summed E-state index contributed by atoms with van der Waals surface area (Å²) in [5.41, 5.74) is 4.48. The zero-order valence-electron chi connectivity index (χ0n) is 19.2. The van der Waals surface area contributed by atoms with Gasteiger partial charge in [-0.2, -0.15) is 19.7 Å². The van der Waals surface area contributed by atoms with Gasteiger partial charge >= 0.3 is 5.56 Å². The Balaban J connectivity index is 1.55. The summed E-state index contributed by atoms with van der Waals surface area (Å²) in [6.07, 6.45) is 3.69. The summed E-state index contributed by atoms with van der Waals surface area (Å²) < 4.78 is 3.42. The van der Waals surface area contributed by atoms with Crippen molar-refractivity contribution >= 4 is 22.4 Å². The quantitative estimate of drug-likeness (QED) is 0.375. The highest BCUT2D eigenvalue weighted by Gasteiger charge is 2.15. The van der Waals surface area contributed by atoms with Crippen LogP contribution in [0.1, 0.15) is 11.1 Å². The van der Waals surface area contributed by atoms with Crippen molar-refractivity contribution in [2.75, 3.05) is 0 Å². The predicted octanol–water partition coefficient (Wildman–Crippen LogP) is 3.89. The number of thiazole rings is 1. The lowest BCUT2D eigenvalue weighted by Gasteiger charge is -2.01. The second-order valence-electron chi connectivity index (χ2n) is 8.32. The third-order valence-electron chi connectivity index (χ3n) is 5.81. The van der Waals surface area contributed by atoms with Gasteiger partial charge in [-0.25, -0.2) is 4.68 Å². The summed E-state index contributed by atoms with van der Waals surface area (Å²) in [5.74, 6) is 0. The van der Waals surface area contributed by atoms with Gasteiger partial charge in [0.25, 0.3) is 5.56 Å². The lowest BCUT2D eigenvalue weighted by atomic mass is 10.1. The molecule has 3 aromatic carbocycles. The summed E-state index contributed by atoms with van der Waals surface area (Å²) >= 11 is 1.13. The van der Waals surface area contributed by atoms with Crippen LogP contribution in [0.4, 0.5) is 0 Å². The topological polar surface area (TPSA) is 82.2 Å². The number of hydrogen-bond donors (Lipinski definition) is 0. The molecule has 0 aliphatic heterocycles. The molecule has 8 heteroatoms. The zero-order chi connectivity index (χ0) is 24.6. The molecule has 0 radical (unpaired) electrons. The number of nitrogens with zero attached hydrogens (tertiary/aromatic N) is 5. The fourth-order valence-electron chi connectivity index (χ4n) is 3.97. The molecule has 0 aliphatic rings. The van der Waals surface area contributed by atoms with Crippen LogP contribution >= 0.6 is 11.3 Å². The number of aromatic nitrogens is 5. The van der Waals surface area contributed by atoms with Crippen LogP contribution < -0.4 is 15.7 Å². The third-order valence-corrected chi connectivity index (χ3v) is 6.77. The zero-order valence-corrected chi connectivity index (χ0v) is 20.0. The number of aryl methyl sites for hydroxylation is 1. The molecule has 0 fully saturated rings. The molecule has 0 amide bonds. The van der Waals surface area contributed by atoms with Gasteiger partial charge in [0.2, 0.25) is 4.96 Å². The van der Waals surface area contributed by atoms with Crippen molar-refractivity contribution in [1.82, 2.24) is 24.4 Å². The summed E-state index contributed by atoms with van der Waals surface area (Å²) in [5, 5.41) is 9.18. The van der Waals surface area contributed by atoms with Gasteiger partial charge in [0.1, 0.15) is 0 Å². The van der Waals surface area contributed by atoms with Gasteiger partial charge in [-0.15, -0.1) is 0 Å². The largest absolute Gasteiger partial charge is 0.300 e. The van der Waals surface area contributed by atoms with Crippen LogP contribution in [0.5, 0.6) is 0 Å². The van der Waals surface area contributed by atoms with E-state index in [0.717, 1.165) is 39.4 Å². The lowest BCUT2D eigenvalue weighted by Crippen LogP contribution is -2.26. The number of fused-ring (bicyclic) bond motifs is 1. The number of rotatable bonds is 4. The molecule has 0 saturated heterocycles. The molecular weight excluding hydrogens is 470 g/mol. The highest BCUT2D eigenvalue weighted by molar-refractivity contribution is 7.15. The average Bonchev–Trinajstić information content (AvgIpc) is 3.46. The summed E-state index contributed by atoms with van der Waals surface area (Å²) in [4.78, 5) is 30.3. The summed E-state index contributed by atoms with van der Waals surface area (Å²) in [6, 6.07) is 26.9. The van der Waals surface area contributed by atoms with Gasteiger partial charge in [-0.1, -0.05) is 89.7 Å². The minimum absolute atomic E-state index is 0.145. The first-order valence-corrected chi connectivity index (χ1v) is 12.1. The second kappa shape index (κ2) is 8.83. The normalized spacial score (nSPS) is 11.9. The molecule has 174 valence electrons. The van der Waals surface area contributed by atoms with E-state index in [2.05, 4.69) is 10.1 Å². The first kappa shape index (κ1) is 21.8. The maximum atomic E-state index is 13.3. The van der Waals surface area contributed by atoms with E-state index in [-0.39, 0.29) is 16.2 Å². The van der Waals surface area contributed by atoms with E-state index in [0.29, 0.717) is 10.1 Å². The molecule has 6 rings (SSSR count). The molecule has 3 heterocycles. The van der Waals surface area contributed by atoms with Crippen molar-refractivity contribution < 1.29 is 0 Å². The standard InChI is InChI=1S/C28H19N5O2S/c1-18-12-14-20(15-13-18)24-21(17-32(30-24)22-10-6-3-7-11-22)16-23-27(35)33-28(36-23)29-26(34)25(31-33)19-8-4-2-5-9-19/h2-17H,1H3. The van der Waals surface area contributed by atoms with Crippen LogP contribution in [0.3, 0.4) is 0 Å². The molecule has 0 spiro atoms. The van der Waals surface area contributed by atoms with Gasteiger partial charge in [0.15, 0.2) is 5.69 Å². The molecule has 36 heavy (non-hydrogen) atoms. The Bertz CT molecular complexity index is 1870. The van der Waals surface area contributed by atoms with Crippen LogP contribution in [0.2, 0.25) is 0 Å². The first-order chi connectivity index (χ1) is 17.6. The van der Waals surface area contributed by atoms with Crippen molar-refractivity contribution in [2.24, 2.45) is 0 Å². The highest BCUT2D eigenvalue weighted by atomic mass is 32.1. The Morgan fingerprint density at radius 3 is 2.17 bits per heavy atom. The SMILES string of the molecule is Cc1ccc(-c2nn(-c3ccccc3)cc2C=c2sc3nc(=O)c(-c4ccccc4)nn3c2=O)cc1. The molecular formula is C28H19N5O2S. The molecule has 0 atom stereocenters. The van der Waals surface area contributed by atoms with E-state index in [1.54, 1.807) is 22.9 Å². The van der Waals surface area contributed by atoms with E-state index in [4.69, 9.17) is 5.10 Å². The van der Waals surface area contributed by atoms with Gasteiger partial charge in [-0.3, -0.25) is 9.59 Å². The number of benzene rings is 3. The van der Waals surface area contributed by atoms with Crippen LogP contribution in [0.25, 0.3) is 39.2 Å². The van der Waals surface area contributed by atoms with Gasteiger partial charge in [0.05, 0.1) is 15.9 Å². The number of hydrogen-bond acceptors (Lipinski definition) is 6. The van der Waals surface area contributed by atoms with E-state index in [1.165, 1.54) is 4.52 Å². The van der Waals surface area contributed by atoms with Crippen LogP contribution in [0.15, 0.2) is 101 Å². The lowest BCUT2D eigenvalue weighted by molar-refractivity contribution is 0.873. The smallest absolute Gasteiger partial charge is 0.266 e. The second-order valence-corrected chi connectivity index (χ2v) is 9.33. The van der Waals surface area contributed by atoms with E-state index in [9.17, 15) is 9.59 Å². The molecule has 0 N–H and O–H groups in total. The average molecular weight is 490 g/mol. The third kappa shape index (κ3) is 3.93. The maximum Gasteiger partial charge on any atom is 0.300 e. The van der Waals surface area contributed by atoms with Crippen molar-refractivity contribution in [3.05, 3.63) is 127 Å². The Morgan fingerprint density at radius 1 is 0.778 bits per heavy atom. The molecule has 0 saturated carbocycles. The minimum Gasteiger partial charge on any atom is -0.266 e.